The molecule has 0 bridgehead atoms. The summed E-state index contributed by atoms with van der Waals surface area (Å²) < 4.78 is 24.3. The van der Waals surface area contributed by atoms with Gasteiger partial charge >= 0.3 is 0 Å². The van der Waals surface area contributed by atoms with E-state index in [1.165, 1.54) is 77.0 Å². The molecule has 3 fully saturated rings. The first-order chi connectivity index (χ1) is 13.8. The van der Waals surface area contributed by atoms with Gasteiger partial charge < -0.3 is 18.9 Å². The van der Waals surface area contributed by atoms with Crippen LogP contribution in [0.2, 0.25) is 0 Å². The summed E-state index contributed by atoms with van der Waals surface area (Å²) >= 11 is 0. The second-order valence-corrected chi connectivity index (χ2v) is 9.47. The molecule has 0 unspecified atom stereocenters. The maximum absolute atomic E-state index is 6.14. The molecule has 0 amide bonds. The van der Waals surface area contributed by atoms with Gasteiger partial charge in [0.15, 0.2) is 12.6 Å². The van der Waals surface area contributed by atoms with Crippen LogP contribution in [0.4, 0.5) is 0 Å². The highest BCUT2D eigenvalue weighted by atomic mass is 16.7. The van der Waals surface area contributed by atoms with Crippen molar-refractivity contribution in [1.82, 2.24) is 0 Å². The second kappa shape index (κ2) is 12.5. The topological polar surface area (TPSA) is 36.9 Å². The Morgan fingerprint density at radius 1 is 0.536 bits per heavy atom. The monoisotopic (exact) mass is 396 g/mol. The zero-order chi connectivity index (χ0) is 19.6. The van der Waals surface area contributed by atoms with E-state index in [4.69, 9.17) is 18.9 Å². The van der Waals surface area contributed by atoms with Crippen molar-refractivity contribution in [3.63, 3.8) is 0 Å². The van der Waals surface area contributed by atoms with E-state index in [0.29, 0.717) is 25.0 Å². The summed E-state index contributed by atoms with van der Waals surface area (Å²) in [6.45, 7) is 7.63. The fourth-order valence-corrected chi connectivity index (χ4v) is 5.07. The Morgan fingerprint density at radius 2 is 1.04 bits per heavy atom. The predicted octanol–water partition coefficient (Wildman–Crippen LogP) is 5.93. The van der Waals surface area contributed by atoms with Crippen LogP contribution in [0, 0.1) is 23.7 Å². The molecular weight excluding hydrogens is 352 g/mol. The van der Waals surface area contributed by atoms with Crippen molar-refractivity contribution in [3.8, 4) is 0 Å². The molecule has 164 valence electrons. The average Bonchev–Trinajstić information content (AvgIpc) is 2.75. The predicted molar refractivity (Wildman–Crippen MR) is 112 cm³/mol. The van der Waals surface area contributed by atoms with E-state index in [0.717, 1.165) is 19.1 Å². The van der Waals surface area contributed by atoms with Crippen LogP contribution in [0.5, 0.6) is 0 Å². The van der Waals surface area contributed by atoms with Gasteiger partial charge in [-0.05, 0) is 38.0 Å². The smallest absolute Gasteiger partial charge is 0.164 e. The minimum atomic E-state index is -0.141. The summed E-state index contributed by atoms with van der Waals surface area (Å²) in [4.78, 5) is 0. The Balaban J connectivity index is 1.29. The van der Waals surface area contributed by atoms with E-state index in [1.807, 2.05) is 0 Å². The molecule has 2 aliphatic heterocycles. The standard InChI is InChI=1S/C24H44O4/c1-3-5-7-9-19-11-13-21(14-12-19)23-27-17-22(18-28-23)24-25-15-20(16-26-24)10-8-6-4-2/h19-24H,3-18H2,1-2H3. The molecule has 3 rings (SSSR count). The quantitative estimate of drug-likeness (QED) is 0.429. The Labute approximate surface area is 173 Å². The number of rotatable bonds is 10. The zero-order valence-electron chi connectivity index (χ0n) is 18.4. The van der Waals surface area contributed by atoms with Gasteiger partial charge in [-0.15, -0.1) is 0 Å². The van der Waals surface area contributed by atoms with Crippen molar-refractivity contribution in [2.45, 2.75) is 103 Å². The maximum atomic E-state index is 6.14. The highest BCUT2D eigenvalue weighted by molar-refractivity contribution is 4.78. The molecule has 4 nitrogen and oxygen atoms in total. The molecule has 28 heavy (non-hydrogen) atoms. The highest BCUT2D eigenvalue weighted by Crippen LogP contribution is 2.36. The van der Waals surface area contributed by atoms with E-state index in [-0.39, 0.29) is 18.5 Å². The molecule has 1 aliphatic carbocycles. The molecule has 0 radical (unpaired) electrons. The van der Waals surface area contributed by atoms with E-state index in [2.05, 4.69) is 13.8 Å². The van der Waals surface area contributed by atoms with Crippen molar-refractivity contribution in [2.75, 3.05) is 26.4 Å². The average molecular weight is 397 g/mol. The molecule has 2 heterocycles. The van der Waals surface area contributed by atoms with Crippen LogP contribution in [-0.2, 0) is 18.9 Å². The first kappa shape index (κ1) is 22.5. The van der Waals surface area contributed by atoms with Crippen LogP contribution in [-0.4, -0.2) is 39.0 Å². The third-order valence-electron chi connectivity index (χ3n) is 7.03. The summed E-state index contributed by atoms with van der Waals surface area (Å²) in [5.74, 6) is 2.31. The third-order valence-corrected chi connectivity index (χ3v) is 7.03. The molecule has 0 aromatic rings. The maximum Gasteiger partial charge on any atom is 0.164 e. The van der Waals surface area contributed by atoms with E-state index < -0.39 is 0 Å². The van der Waals surface area contributed by atoms with Gasteiger partial charge in [0.25, 0.3) is 0 Å². The normalized spacial score (nSPS) is 37.1. The minimum absolute atomic E-state index is 0.00164. The molecule has 0 atom stereocenters. The van der Waals surface area contributed by atoms with Gasteiger partial charge in [-0.25, -0.2) is 0 Å². The summed E-state index contributed by atoms with van der Waals surface area (Å²) in [5, 5.41) is 0. The largest absolute Gasteiger partial charge is 0.352 e. The second-order valence-electron chi connectivity index (χ2n) is 9.47. The molecule has 4 heteroatoms. The number of ether oxygens (including phenoxy) is 4. The van der Waals surface area contributed by atoms with Gasteiger partial charge in [-0.1, -0.05) is 58.8 Å². The molecule has 3 aliphatic rings. The Bertz CT molecular complexity index is 353. The highest BCUT2D eigenvalue weighted by Gasteiger charge is 2.37. The first-order valence-corrected chi connectivity index (χ1v) is 12.3. The zero-order valence-corrected chi connectivity index (χ0v) is 18.4. The first-order valence-electron chi connectivity index (χ1n) is 12.3. The molecule has 1 saturated carbocycles. The summed E-state index contributed by atoms with van der Waals surface area (Å²) in [5.41, 5.74) is 0. The van der Waals surface area contributed by atoms with Crippen LogP contribution in [0.3, 0.4) is 0 Å². The number of hydrogen-bond donors (Lipinski definition) is 0. The molecule has 0 spiro atoms. The Hall–Kier alpha value is -0.160. The lowest BCUT2D eigenvalue weighted by Crippen LogP contribution is -2.46. The van der Waals surface area contributed by atoms with Crippen molar-refractivity contribution in [2.24, 2.45) is 23.7 Å². The summed E-state index contributed by atoms with van der Waals surface area (Å²) in [6, 6.07) is 0. The number of hydrogen-bond acceptors (Lipinski definition) is 4. The van der Waals surface area contributed by atoms with Gasteiger partial charge in [0.1, 0.15) is 0 Å². The van der Waals surface area contributed by atoms with Crippen molar-refractivity contribution in [1.29, 1.82) is 0 Å². The van der Waals surface area contributed by atoms with Crippen molar-refractivity contribution < 1.29 is 18.9 Å². The summed E-state index contributed by atoms with van der Waals surface area (Å²) in [6.07, 6.45) is 15.7. The van der Waals surface area contributed by atoms with Gasteiger partial charge in [-0.2, -0.15) is 0 Å². The Kier molecular flexibility index (Phi) is 10.1. The Morgan fingerprint density at radius 3 is 1.61 bits per heavy atom. The molecule has 0 N–H and O–H groups in total. The van der Waals surface area contributed by atoms with E-state index in [9.17, 15) is 0 Å². The molecule has 0 aromatic carbocycles. The van der Waals surface area contributed by atoms with Crippen LogP contribution in [0.15, 0.2) is 0 Å². The lowest BCUT2D eigenvalue weighted by atomic mass is 9.79. The molecule has 2 saturated heterocycles. The lowest BCUT2D eigenvalue weighted by molar-refractivity contribution is -0.291. The number of unbranched alkanes of at least 4 members (excludes halogenated alkanes) is 4. The fourth-order valence-electron chi connectivity index (χ4n) is 5.07. The van der Waals surface area contributed by atoms with E-state index >= 15 is 0 Å². The van der Waals surface area contributed by atoms with Crippen molar-refractivity contribution >= 4 is 0 Å². The van der Waals surface area contributed by atoms with Crippen LogP contribution < -0.4 is 0 Å². The van der Waals surface area contributed by atoms with Gasteiger partial charge in [0, 0.05) is 11.8 Å². The summed E-state index contributed by atoms with van der Waals surface area (Å²) in [7, 11) is 0. The SMILES string of the molecule is CCCCCC1CCC(C2OCC(C3OCC(CCCCC)CO3)CO2)CC1. The fraction of sp³-hybridized carbons (Fsp3) is 1.00. The van der Waals surface area contributed by atoms with Crippen LogP contribution >= 0.6 is 0 Å². The molecule has 0 aromatic heterocycles. The minimum Gasteiger partial charge on any atom is -0.352 e. The van der Waals surface area contributed by atoms with Crippen LogP contribution in [0.1, 0.15) is 90.9 Å². The van der Waals surface area contributed by atoms with E-state index in [1.54, 1.807) is 0 Å². The van der Waals surface area contributed by atoms with Gasteiger partial charge in [0.05, 0.1) is 32.3 Å². The molecular formula is C24H44O4. The van der Waals surface area contributed by atoms with Crippen molar-refractivity contribution in [3.05, 3.63) is 0 Å². The van der Waals surface area contributed by atoms with Gasteiger partial charge in [0.2, 0.25) is 0 Å². The van der Waals surface area contributed by atoms with Gasteiger partial charge in [-0.3, -0.25) is 0 Å². The van der Waals surface area contributed by atoms with Crippen LogP contribution in [0.25, 0.3) is 0 Å². The lowest BCUT2D eigenvalue weighted by Gasteiger charge is -2.40. The third kappa shape index (κ3) is 6.97.